The third-order valence-electron chi connectivity index (χ3n) is 1.88. The molecule has 2 N–H and O–H groups in total. The summed E-state index contributed by atoms with van der Waals surface area (Å²) in [6, 6.07) is -0.0492. The van der Waals surface area contributed by atoms with E-state index in [2.05, 4.69) is 9.47 Å². The Kier molecular flexibility index (Phi) is 5.87. The predicted octanol–water partition coefficient (Wildman–Crippen LogP) is 0.0760. The van der Waals surface area contributed by atoms with Crippen molar-refractivity contribution in [3.8, 4) is 0 Å². The second-order valence-corrected chi connectivity index (χ2v) is 3.15. The van der Waals surface area contributed by atoms with Crippen LogP contribution < -0.4 is 5.73 Å². The van der Waals surface area contributed by atoms with Crippen LogP contribution in [0.15, 0.2) is 0 Å². The van der Waals surface area contributed by atoms with Gasteiger partial charge in [0, 0.05) is 6.04 Å². The largest absolute Gasteiger partial charge is 0.468 e. The first kappa shape index (κ1) is 12.9. The van der Waals surface area contributed by atoms with Crippen molar-refractivity contribution in [1.82, 2.24) is 0 Å². The Morgan fingerprint density at radius 2 is 1.57 bits per heavy atom. The van der Waals surface area contributed by atoms with Crippen LogP contribution in [0, 0.1) is 5.92 Å². The molecule has 0 saturated carbocycles. The Bertz CT molecular complexity index is 187. The summed E-state index contributed by atoms with van der Waals surface area (Å²) < 4.78 is 8.97. The second kappa shape index (κ2) is 6.37. The predicted molar refractivity (Wildman–Crippen MR) is 50.4 cm³/mol. The van der Waals surface area contributed by atoms with Crippen molar-refractivity contribution >= 4 is 11.9 Å². The van der Waals surface area contributed by atoms with Crippen molar-refractivity contribution in [2.45, 2.75) is 25.8 Å². The molecule has 0 bridgehead atoms. The van der Waals surface area contributed by atoms with Gasteiger partial charge in [0.25, 0.3) is 0 Å². The highest BCUT2D eigenvalue weighted by molar-refractivity contribution is 5.94. The van der Waals surface area contributed by atoms with Gasteiger partial charge in [-0.3, -0.25) is 9.59 Å². The van der Waals surface area contributed by atoms with Crippen LogP contribution >= 0.6 is 0 Å². The van der Waals surface area contributed by atoms with Crippen molar-refractivity contribution in [1.29, 1.82) is 0 Å². The Morgan fingerprint density at radius 3 is 1.86 bits per heavy atom. The van der Waals surface area contributed by atoms with Crippen molar-refractivity contribution in [2.75, 3.05) is 14.2 Å². The average molecular weight is 203 g/mol. The van der Waals surface area contributed by atoms with Crippen LogP contribution in [0.3, 0.4) is 0 Å². The minimum Gasteiger partial charge on any atom is -0.468 e. The molecule has 0 aliphatic carbocycles. The number of carbonyl (C=O) groups is 2. The summed E-state index contributed by atoms with van der Waals surface area (Å²) in [7, 11) is 2.48. The third kappa shape index (κ3) is 4.23. The fourth-order valence-electron chi connectivity index (χ4n) is 1.05. The van der Waals surface area contributed by atoms with E-state index in [4.69, 9.17) is 5.73 Å². The van der Waals surface area contributed by atoms with Gasteiger partial charge in [-0.25, -0.2) is 0 Å². The van der Waals surface area contributed by atoms with Gasteiger partial charge in [0.1, 0.15) is 0 Å². The lowest BCUT2D eigenvalue weighted by Gasteiger charge is -2.13. The standard InChI is InChI=1S/C9H17NO4/c1-6(10)4-5-7(8(11)13-2)9(12)14-3/h6-7H,4-5,10H2,1-3H3/t6-/m1/s1. The third-order valence-corrected chi connectivity index (χ3v) is 1.88. The molecule has 5 nitrogen and oxygen atoms in total. The first-order valence-corrected chi connectivity index (χ1v) is 4.44. The minimum atomic E-state index is -0.851. The van der Waals surface area contributed by atoms with Gasteiger partial charge >= 0.3 is 11.9 Å². The number of ether oxygens (including phenoxy) is 2. The van der Waals surface area contributed by atoms with Crippen LogP contribution in [0.2, 0.25) is 0 Å². The molecule has 0 heterocycles. The highest BCUT2D eigenvalue weighted by Gasteiger charge is 2.28. The number of hydrogen-bond acceptors (Lipinski definition) is 5. The number of carbonyl (C=O) groups excluding carboxylic acids is 2. The van der Waals surface area contributed by atoms with E-state index in [1.165, 1.54) is 14.2 Å². The van der Waals surface area contributed by atoms with E-state index in [1.807, 2.05) is 6.92 Å². The summed E-state index contributed by atoms with van der Waals surface area (Å²) >= 11 is 0. The van der Waals surface area contributed by atoms with Crippen LogP contribution in [0.5, 0.6) is 0 Å². The molecule has 0 radical (unpaired) electrons. The van der Waals surface area contributed by atoms with E-state index >= 15 is 0 Å². The topological polar surface area (TPSA) is 78.6 Å². The molecular formula is C9H17NO4. The molecule has 0 rings (SSSR count). The van der Waals surface area contributed by atoms with Crippen LogP contribution in [-0.4, -0.2) is 32.2 Å². The molecule has 0 aromatic rings. The maximum absolute atomic E-state index is 11.2. The molecule has 5 heteroatoms. The molecule has 1 atom stereocenters. The van der Waals surface area contributed by atoms with E-state index in [-0.39, 0.29) is 6.04 Å². The number of methoxy groups -OCH3 is 2. The fraction of sp³-hybridized carbons (Fsp3) is 0.778. The quantitative estimate of drug-likeness (QED) is 0.505. The van der Waals surface area contributed by atoms with Crippen molar-refractivity contribution in [2.24, 2.45) is 11.7 Å². The lowest BCUT2D eigenvalue weighted by atomic mass is 10.0. The van der Waals surface area contributed by atoms with Gasteiger partial charge in [-0.15, -0.1) is 0 Å². The first-order chi connectivity index (χ1) is 6.52. The Labute approximate surface area is 83.5 Å². The van der Waals surface area contributed by atoms with Gasteiger partial charge in [-0.2, -0.15) is 0 Å². The molecule has 0 aromatic carbocycles. The van der Waals surface area contributed by atoms with Gasteiger partial charge in [0.15, 0.2) is 5.92 Å². The lowest BCUT2D eigenvalue weighted by molar-refractivity contribution is -0.159. The maximum Gasteiger partial charge on any atom is 0.320 e. The van der Waals surface area contributed by atoms with Gasteiger partial charge < -0.3 is 15.2 Å². The molecule has 0 aliphatic rings. The van der Waals surface area contributed by atoms with E-state index in [1.54, 1.807) is 0 Å². The number of hydrogen-bond donors (Lipinski definition) is 1. The molecule has 0 aromatic heterocycles. The Morgan fingerprint density at radius 1 is 1.14 bits per heavy atom. The smallest absolute Gasteiger partial charge is 0.320 e. The zero-order valence-electron chi connectivity index (χ0n) is 8.78. The maximum atomic E-state index is 11.2. The summed E-state index contributed by atoms with van der Waals surface area (Å²) in [6.07, 6.45) is 0.936. The number of rotatable bonds is 5. The van der Waals surface area contributed by atoms with E-state index in [9.17, 15) is 9.59 Å². The van der Waals surface area contributed by atoms with E-state index in [0.29, 0.717) is 12.8 Å². The summed E-state index contributed by atoms with van der Waals surface area (Å²) in [5, 5.41) is 0. The summed E-state index contributed by atoms with van der Waals surface area (Å²) in [5.74, 6) is -1.99. The summed E-state index contributed by atoms with van der Waals surface area (Å²) in [5.41, 5.74) is 5.52. The van der Waals surface area contributed by atoms with Crippen LogP contribution in [-0.2, 0) is 19.1 Å². The van der Waals surface area contributed by atoms with Crippen LogP contribution in [0.4, 0.5) is 0 Å². The van der Waals surface area contributed by atoms with Gasteiger partial charge in [-0.1, -0.05) is 0 Å². The molecule has 0 aliphatic heterocycles. The first-order valence-electron chi connectivity index (χ1n) is 4.44. The molecule has 0 amide bonds. The molecular weight excluding hydrogens is 186 g/mol. The summed E-state index contributed by atoms with van der Waals surface area (Å²) in [6.45, 7) is 1.81. The minimum absolute atomic E-state index is 0.0492. The Hall–Kier alpha value is -1.10. The van der Waals surface area contributed by atoms with Gasteiger partial charge in [0.2, 0.25) is 0 Å². The average Bonchev–Trinajstić information content (AvgIpc) is 2.16. The molecule has 82 valence electrons. The van der Waals surface area contributed by atoms with Crippen molar-refractivity contribution < 1.29 is 19.1 Å². The summed E-state index contributed by atoms with van der Waals surface area (Å²) in [4.78, 5) is 22.3. The highest BCUT2D eigenvalue weighted by atomic mass is 16.5. The molecule has 0 fully saturated rings. The van der Waals surface area contributed by atoms with E-state index < -0.39 is 17.9 Å². The fourth-order valence-corrected chi connectivity index (χ4v) is 1.05. The molecule has 0 saturated heterocycles. The monoisotopic (exact) mass is 203 g/mol. The zero-order valence-corrected chi connectivity index (χ0v) is 8.78. The molecule has 14 heavy (non-hydrogen) atoms. The second-order valence-electron chi connectivity index (χ2n) is 3.15. The van der Waals surface area contributed by atoms with Crippen molar-refractivity contribution in [3.63, 3.8) is 0 Å². The number of nitrogens with two attached hydrogens (primary N) is 1. The number of esters is 2. The zero-order chi connectivity index (χ0) is 11.1. The van der Waals surface area contributed by atoms with Crippen molar-refractivity contribution in [3.05, 3.63) is 0 Å². The lowest BCUT2D eigenvalue weighted by Crippen LogP contribution is -2.28. The normalized spacial score (nSPS) is 12.4. The molecule has 0 spiro atoms. The highest BCUT2D eigenvalue weighted by Crippen LogP contribution is 2.11. The van der Waals surface area contributed by atoms with Crippen LogP contribution in [0.25, 0.3) is 0 Å². The van der Waals surface area contributed by atoms with E-state index in [0.717, 1.165) is 0 Å². The van der Waals surface area contributed by atoms with Gasteiger partial charge in [-0.05, 0) is 19.8 Å². The SMILES string of the molecule is COC(=O)C(CC[C@@H](C)N)C(=O)OC. The Balaban J connectivity index is 4.25. The van der Waals surface area contributed by atoms with Gasteiger partial charge in [0.05, 0.1) is 14.2 Å². The molecule has 0 unspecified atom stereocenters. The van der Waals surface area contributed by atoms with Crippen LogP contribution in [0.1, 0.15) is 19.8 Å².